The molecule has 0 aromatic heterocycles. The fraction of sp³-hybridized carbons (Fsp3) is 0.625. The summed E-state index contributed by atoms with van der Waals surface area (Å²) < 4.78 is 52.8. The van der Waals surface area contributed by atoms with Crippen LogP contribution in [-0.4, -0.2) is 18.9 Å². The SMILES string of the molecule is CCCNC(c1ccc(C(C)CC)cc1)C(F)(F)C(F)F. The van der Waals surface area contributed by atoms with E-state index in [0.717, 1.165) is 12.0 Å². The molecule has 1 nitrogen and oxygen atoms in total. The molecule has 0 aliphatic carbocycles. The van der Waals surface area contributed by atoms with Gasteiger partial charge in [0, 0.05) is 0 Å². The summed E-state index contributed by atoms with van der Waals surface area (Å²) in [6, 6.07) is 4.86. The Labute approximate surface area is 123 Å². The van der Waals surface area contributed by atoms with E-state index in [2.05, 4.69) is 5.32 Å². The fourth-order valence-corrected chi connectivity index (χ4v) is 2.14. The van der Waals surface area contributed by atoms with Crippen LogP contribution < -0.4 is 5.32 Å². The maximum Gasteiger partial charge on any atom is 0.326 e. The van der Waals surface area contributed by atoms with Crippen molar-refractivity contribution in [3.8, 4) is 0 Å². The molecule has 1 N–H and O–H groups in total. The second-order valence-electron chi connectivity index (χ2n) is 5.34. The number of halogens is 4. The largest absolute Gasteiger partial charge is 0.326 e. The van der Waals surface area contributed by atoms with Gasteiger partial charge in [0.15, 0.2) is 0 Å². The van der Waals surface area contributed by atoms with E-state index in [1.165, 1.54) is 12.1 Å². The summed E-state index contributed by atoms with van der Waals surface area (Å²) in [6.45, 7) is 6.14. The van der Waals surface area contributed by atoms with Gasteiger partial charge in [0.25, 0.3) is 0 Å². The molecule has 0 spiro atoms. The van der Waals surface area contributed by atoms with E-state index in [1.807, 2.05) is 13.8 Å². The molecule has 21 heavy (non-hydrogen) atoms. The lowest BCUT2D eigenvalue weighted by atomic mass is 9.94. The van der Waals surface area contributed by atoms with Crippen LogP contribution in [0.1, 0.15) is 56.7 Å². The molecular formula is C16H23F4N. The minimum atomic E-state index is -4.09. The predicted octanol–water partition coefficient (Wildman–Crippen LogP) is 5.14. The van der Waals surface area contributed by atoms with Crippen molar-refractivity contribution in [3.63, 3.8) is 0 Å². The van der Waals surface area contributed by atoms with Gasteiger partial charge in [-0.05, 0) is 36.4 Å². The second kappa shape index (κ2) is 7.78. The van der Waals surface area contributed by atoms with E-state index in [1.54, 1.807) is 19.1 Å². The molecule has 0 aliphatic heterocycles. The molecule has 1 rings (SSSR count). The molecule has 0 aliphatic rings. The fourth-order valence-electron chi connectivity index (χ4n) is 2.14. The van der Waals surface area contributed by atoms with Crippen LogP contribution in [0.3, 0.4) is 0 Å². The lowest BCUT2D eigenvalue weighted by Gasteiger charge is -2.28. The van der Waals surface area contributed by atoms with E-state index >= 15 is 0 Å². The molecule has 0 heterocycles. The second-order valence-corrected chi connectivity index (χ2v) is 5.34. The molecule has 120 valence electrons. The molecular weight excluding hydrogens is 282 g/mol. The molecule has 0 radical (unpaired) electrons. The van der Waals surface area contributed by atoms with Crippen LogP contribution in [0, 0.1) is 0 Å². The van der Waals surface area contributed by atoms with Gasteiger partial charge in [-0.15, -0.1) is 0 Å². The van der Waals surface area contributed by atoms with Crippen LogP contribution in [0.15, 0.2) is 24.3 Å². The van der Waals surface area contributed by atoms with Crippen molar-refractivity contribution in [3.05, 3.63) is 35.4 Å². The van der Waals surface area contributed by atoms with Crippen molar-refractivity contribution in [2.75, 3.05) is 6.54 Å². The van der Waals surface area contributed by atoms with Gasteiger partial charge in [-0.1, -0.05) is 45.0 Å². The van der Waals surface area contributed by atoms with E-state index in [9.17, 15) is 17.6 Å². The Morgan fingerprint density at radius 2 is 1.57 bits per heavy atom. The molecule has 0 saturated carbocycles. The van der Waals surface area contributed by atoms with Gasteiger partial charge in [-0.25, -0.2) is 8.78 Å². The van der Waals surface area contributed by atoms with Crippen molar-refractivity contribution < 1.29 is 17.6 Å². The standard InChI is InChI=1S/C16H23F4N/c1-4-10-21-14(16(19,20)15(17)18)13-8-6-12(7-9-13)11(3)5-2/h6-9,11,14-15,21H,4-5,10H2,1-3H3. The first-order valence-electron chi connectivity index (χ1n) is 7.33. The third-order valence-electron chi connectivity index (χ3n) is 3.73. The summed E-state index contributed by atoms with van der Waals surface area (Å²) in [7, 11) is 0. The highest BCUT2D eigenvalue weighted by atomic mass is 19.3. The maximum absolute atomic E-state index is 13.7. The Balaban J connectivity index is 3.03. The minimum absolute atomic E-state index is 0.195. The monoisotopic (exact) mass is 305 g/mol. The third-order valence-corrected chi connectivity index (χ3v) is 3.73. The van der Waals surface area contributed by atoms with E-state index in [-0.39, 0.29) is 12.1 Å². The average Bonchev–Trinajstić information content (AvgIpc) is 2.47. The highest BCUT2D eigenvalue weighted by Crippen LogP contribution is 2.37. The molecule has 0 amide bonds. The van der Waals surface area contributed by atoms with Crippen molar-refractivity contribution >= 4 is 0 Å². The zero-order chi connectivity index (χ0) is 16.0. The van der Waals surface area contributed by atoms with Gasteiger partial charge >= 0.3 is 12.3 Å². The molecule has 0 fully saturated rings. The highest BCUT2D eigenvalue weighted by molar-refractivity contribution is 5.28. The van der Waals surface area contributed by atoms with Crippen LogP contribution >= 0.6 is 0 Å². The number of hydrogen-bond acceptors (Lipinski definition) is 1. The van der Waals surface area contributed by atoms with Gasteiger partial charge in [-0.2, -0.15) is 8.78 Å². The van der Waals surface area contributed by atoms with Gasteiger partial charge in [0.2, 0.25) is 0 Å². The summed E-state index contributed by atoms with van der Waals surface area (Å²) in [5.41, 5.74) is 1.22. The molecule has 1 aromatic carbocycles. The Kier molecular flexibility index (Phi) is 6.65. The molecule has 0 saturated heterocycles. The summed E-state index contributed by atoms with van der Waals surface area (Å²) in [4.78, 5) is 0. The van der Waals surface area contributed by atoms with E-state index in [4.69, 9.17) is 0 Å². The van der Waals surface area contributed by atoms with E-state index < -0.39 is 18.4 Å². The van der Waals surface area contributed by atoms with Crippen molar-refractivity contribution in [2.45, 2.75) is 57.9 Å². The Hall–Kier alpha value is -1.10. The van der Waals surface area contributed by atoms with Crippen molar-refractivity contribution in [1.82, 2.24) is 5.32 Å². The summed E-state index contributed by atoms with van der Waals surface area (Å²) in [5, 5.41) is 2.54. The summed E-state index contributed by atoms with van der Waals surface area (Å²) in [5.74, 6) is -3.77. The van der Waals surface area contributed by atoms with Crippen LogP contribution in [0.25, 0.3) is 0 Å². The smallest absolute Gasteiger partial charge is 0.305 e. The van der Waals surface area contributed by atoms with Crippen LogP contribution in [0.4, 0.5) is 17.6 Å². The van der Waals surface area contributed by atoms with Crippen LogP contribution in [0.5, 0.6) is 0 Å². The quantitative estimate of drug-likeness (QED) is 0.656. The first kappa shape index (κ1) is 18.0. The number of benzene rings is 1. The van der Waals surface area contributed by atoms with Crippen molar-refractivity contribution in [2.24, 2.45) is 0 Å². The molecule has 0 bridgehead atoms. The van der Waals surface area contributed by atoms with Gasteiger partial charge in [0.1, 0.15) is 6.04 Å². The van der Waals surface area contributed by atoms with Gasteiger partial charge in [0.05, 0.1) is 0 Å². The van der Waals surface area contributed by atoms with Gasteiger partial charge in [-0.3, -0.25) is 0 Å². The van der Waals surface area contributed by atoms with E-state index in [0.29, 0.717) is 12.3 Å². The first-order valence-corrected chi connectivity index (χ1v) is 7.33. The lowest BCUT2D eigenvalue weighted by molar-refractivity contribution is -0.151. The number of rotatable bonds is 8. The minimum Gasteiger partial charge on any atom is -0.305 e. The topological polar surface area (TPSA) is 12.0 Å². The Morgan fingerprint density at radius 1 is 1.05 bits per heavy atom. The average molecular weight is 305 g/mol. The number of nitrogens with one attached hydrogen (secondary N) is 1. The van der Waals surface area contributed by atoms with Crippen molar-refractivity contribution in [1.29, 1.82) is 0 Å². The zero-order valence-electron chi connectivity index (χ0n) is 12.7. The Bertz CT molecular complexity index is 417. The van der Waals surface area contributed by atoms with Crippen LogP contribution in [0.2, 0.25) is 0 Å². The normalized spacial score (nSPS) is 15.2. The number of alkyl halides is 4. The predicted molar refractivity (Wildman–Crippen MR) is 77.1 cm³/mol. The molecule has 2 unspecified atom stereocenters. The van der Waals surface area contributed by atoms with Crippen LogP contribution in [-0.2, 0) is 0 Å². The maximum atomic E-state index is 13.7. The zero-order valence-corrected chi connectivity index (χ0v) is 12.7. The molecule has 1 aromatic rings. The number of hydrogen-bond donors (Lipinski definition) is 1. The molecule has 2 atom stereocenters. The Morgan fingerprint density at radius 3 is 2.00 bits per heavy atom. The van der Waals surface area contributed by atoms with Gasteiger partial charge < -0.3 is 5.32 Å². The summed E-state index contributed by atoms with van der Waals surface area (Å²) >= 11 is 0. The summed E-state index contributed by atoms with van der Waals surface area (Å²) in [6.07, 6.45) is -2.16. The lowest BCUT2D eigenvalue weighted by Crippen LogP contribution is -2.42. The third kappa shape index (κ3) is 4.43. The molecule has 5 heteroatoms. The first-order chi connectivity index (χ1) is 9.84. The highest BCUT2D eigenvalue weighted by Gasteiger charge is 2.49.